The Morgan fingerprint density at radius 2 is 1.80 bits per heavy atom. The Hall–Kier alpha value is -2.53. The molecule has 3 rings (SSSR count). The number of hydrogen-bond donors (Lipinski definition) is 0. The van der Waals surface area contributed by atoms with E-state index in [9.17, 15) is 9.59 Å². The molecule has 0 atom stereocenters. The molecule has 3 aromatic rings. The lowest BCUT2D eigenvalue weighted by Crippen LogP contribution is -2.27. The number of para-hydroxylation sites is 1. The van der Waals surface area contributed by atoms with Gasteiger partial charge in [-0.15, -0.1) is 0 Å². The lowest BCUT2D eigenvalue weighted by Gasteiger charge is -2.14. The largest absolute Gasteiger partial charge is 0.462 e. The number of fused-ring (bicyclic) bond motifs is 1. The number of carbonyl (C=O) groups excluding carboxylic acids is 1. The summed E-state index contributed by atoms with van der Waals surface area (Å²) in [5.74, 6) is -0.580. The predicted octanol–water partition coefficient (Wildman–Crippen LogP) is 4.17. The fraction of sp³-hybridized carbons (Fsp3) is 0.200. The summed E-state index contributed by atoms with van der Waals surface area (Å²) in [6, 6.07) is 15.6. The molecule has 1 heterocycles. The van der Waals surface area contributed by atoms with E-state index in [1.165, 1.54) is 16.3 Å². The maximum absolute atomic E-state index is 12.8. The highest BCUT2D eigenvalue weighted by Gasteiger charge is 2.23. The topological polar surface area (TPSA) is 48.3 Å². The van der Waals surface area contributed by atoms with Gasteiger partial charge in [0.25, 0.3) is 5.56 Å². The molecule has 0 saturated carbocycles. The van der Waals surface area contributed by atoms with Crippen molar-refractivity contribution in [2.45, 2.75) is 23.6 Å². The van der Waals surface area contributed by atoms with E-state index in [2.05, 4.69) is 0 Å². The van der Waals surface area contributed by atoms with Crippen LogP contribution in [0.5, 0.6) is 0 Å². The summed E-state index contributed by atoms with van der Waals surface area (Å²) in [6.45, 7) is 3.98. The van der Waals surface area contributed by atoms with Crippen LogP contribution in [0.3, 0.4) is 0 Å². The number of nitrogens with zero attached hydrogens (tertiary/aromatic N) is 1. The van der Waals surface area contributed by atoms with Gasteiger partial charge < -0.3 is 9.30 Å². The molecule has 2 aromatic carbocycles. The van der Waals surface area contributed by atoms with Crippen LogP contribution < -0.4 is 5.56 Å². The van der Waals surface area contributed by atoms with Crippen molar-refractivity contribution in [2.24, 2.45) is 7.05 Å². The molecule has 0 aliphatic rings. The molecular weight excluding hydrogens is 334 g/mol. The molecule has 0 spiro atoms. The first-order valence-corrected chi connectivity index (χ1v) is 8.88. The number of rotatable bonds is 4. The Kier molecular flexibility index (Phi) is 4.95. The van der Waals surface area contributed by atoms with Gasteiger partial charge in [-0.1, -0.05) is 47.7 Å². The Bertz CT molecular complexity index is 990. The van der Waals surface area contributed by atoms with Crippen LogP contribution in [0.2, 0.25) is 0 Å². The van der Waals surface area contributed by atoms with Crippen LogP contribution >= 0.6 is 11.8 Å². The first-order chi connectivity index (χ1) is 12.0. The molecule has 0 bridgehead atoms. The minimum Gasteiger partial charge on any atom is -0.462 e. The third-order valence-corrected chi connectivity index (χ3v) is 5.11. The maximum atomic E-state index is 12.8. The lowest BCUT2D eigenvalue weighted by molar-refractivity contribution is 0.0520. The molecule has 0 amide bonds. The number of aromatic nitrogens is 1. The Balaban J connectivity index is 2.27. The van der Waals surface area contributed by atoms with Gasteiger partial charge in [-0.2, -0.15) is 0 Å². The standard InChI is InChI=1S/C20H19NO3S/c1-4-24-20(23)17-18(25-14-11-9-13(2)10-12-14)15-7-5-6-8-16(15)21(3)19(17)22/h5-12H,4H2,1-3H3. The second-order valence-electron chi connectivity index (χ2n) is 5.72. The van der Waals surface area contributed by atoms with Crippen molar-refractivity contribution in [3.8, 4) is 0 Å². The molecular formula is C20H19NO3S. The van der Waals surface area contributed by atoms with Gasteiger partial charge in [0.15, 0.2) is 0 Å². The molecule has 0 unspecified atom stereocenters. The minimum absolute atomic E-state index is 0.0913. The van der Waals surface area contributed by atoms with Crippen LogP contribution in [-0.4, -0.2) is 17.1 Å². The Morgan fingerprint density at radius 3 is 2.48 bits per heavy atom. The SMILES string of the molecule is CCOC(=O)c1c(Sc2ccc(C)cc2)c2ccccc2n(C)c1=O. The molecule has 0 radical (unpaired) electrons. The smallest absolute Gasteiger partial charge is 0.344 e. The van der Waals surface area contributed by atoms with Gasteiger partial charge in [0.2, 0.25) is 0 Å². The molecule has 0 N–H and O–H groups in total. The molecule has 0 fully saturated rings. The van der Waals surface area contributed by atoms with Crippen LogP contribution in [0.1, 0.15) is 22.8 Å². The zero-order valence-electron chi connectivity index (χ0n) is 14.4. The first kappa shape index (κ1) is 17.3. The van der Waals surface area contributed by atoms with Gasteiger partial charge in [-0.3, -0.25) is 4.79 Å². The van der Waals surface area contributed by atoms with Gasteiger partial charge in [-0.05, 0) is 32.0 Å². The van der Waals surface area contributed by atoms with E-state index < -0.39 is 5.97 Å². The average molecular weight is 353 g/mol. The molecule has 25 heavy (non-hydrogen) atoms. The third-order valence-electron chi connectivity index (χ3n) is 3.98. The van der Waals surface area contributed by atoms with E-state index in [1.54, 1.807) is 14.0 Å². The average Bonchev–Trinajstić information content (AvgIpc) is 2.61. The Labute approximate surface area is 150 Å². The fourth-order valence-corrected chi connectivity index (χ4v) is 3.74. The van der Waals surface area contributed by atoms with Crippen LogP contribution in [0, 0.1) is 6.92 Å². The van der Waals surface area contributed by atoms with Crippen molar-refractivity contribution >= 4 is 28.6 Å². The second-order valence-corrected chi connectivity index (χ2v) is 6.80. The quantitative estimate of drug-likeness (QED) is 0.661. The van der Waals surface area contributed by atoms with Crippen molar-refractivity contribution in [3.05, 3.63) is 70.0 Å². The zero-order valence-corrected chi connectivity index (χ0v) is 15.2. The molecule has 0 aliphatic carbocycles. The highest BCUT2D eigenvalue weighted by Crippen LogP contribution is 2.35. The van der Waals surface area contributed by atoms with Gasteiger partial charge in [0.1, 0.15) is 5.56 Å². The number of carbonyl (C=O) groups is 1. The first-order valence-electron chi connectivity index (χ1n) is 8.06. The van der Waals surface area contributed by atoms with Crippen molar-refractivity contribution in [1.82, 2.24) is 4.57 Å². The van der Waals surface area contributed by atoms with Gasteiger partial charge in [0.05, 0.1) is 12.1 Å². The highest BCUT2D eigenvalue weighted by molar-refractivity contribution is 7.99. The van der Waals surface area contributed by atoms with Crippen LogP contribution in [-0.2, 0) is 11.8 Å². The van der Waals surface area contributed by atoms with E-state index in [0.29, 0.717) is 4.90 Å². The van der Waals surface area contributed by atoms with Gasteiger partial charge >= 0.3 is 5.97 Å². The zero-order chi connectivity index (χ0) is 18.0. The van der Waals surface area contributed by atoms with Gasteiger partial charge in [0, 0.05) is 22.2 Å². The number of aryl methyl sites for hydroxylation is 2. The number of pyridine rings is 1. The van der Waals surface area contributed by atoms with Crippen LogP contribution in [0.25, 0.3) is 10.9 Å². The normalized spacial score (nSPS) is 10.8. The third kappa shape index (κ3) is 3.33. The van der Waals surface area contributed by atoms with Crippen molar-refractivity contribution < 1.29 is 9.53 Å². The van der Waals surface area contributed by atoms with E-state index in [0.717, 1.165) is 21.4 Å². The monoisotopic (exact) mass is 353 g/mol. The van der Waals surface area contributed by atoms with Crippen LogP contribution in [0.4, 0.5) is 0 Å². The summed E-state index contributed by atoms with van der Waals surface area (Å²) < 4.78 is 6.65. The molecule has 5 heteroatoms. The van der Waals surface area contributed by atoms with E-state index in [4.69, 9.17) is 4.74 Å². The number of esters is 1. The van der Waals surface area contributed by atoms with Crippen molar-refractivity contribution in [2.75, 3.05) is 6.61 Å². The molecule has 4 nitrogen and oxygen atoms in total. The number of benzene rings is 2. The molecule has 1 aromatic heterocycles. The number of hydrogen-bond acceptors (Lipinski definition) is 4. The Morgan fingerprint density at radius 1 is 1.12 bits per heavy atom. The van der Waals surface area contributed by atoms with Crippen molar-refractivity contribution in [3.63, 3.8) is 0 Å². The van der Waals surface area contributed by atoms with E-state index >= 15 is 0 Å². The minimum atomic E-state index is -0.580. The second kappa shape index (κ2) is 7.15. The molecule has 0 aliphatic heterocycles. The van der Waals surface area contributed by atoms with Gasteiger partial charge in [-0.25, -0.2) is 4.79 Å². The molecule has 128 valence electrons. The summed E-state index contributed by atoms with van der Waals surface area (Å²) in [6.07, 6.45) is 0. The summed E-state index contributed by atoms with van der Waals surface area (Å²) in [7, 11) is 1.67. The highest BCUT2D eigenvalue weighted by atomic mass is 32.2. The number of ether oxygens (including phenoxy) is 1. The fourth-order valence-electron chi connectivity index (χ4n) is 2.68. The van der Waals surface area contributed by atoms with E-state index in [-0.39, 0.29) is 17.7 Å². The predicted molar refractivity (Wildman–Crippen MR) is 100 cm³/mol. The summed E-state index contributed by atoms with van der Waals surface area (Å²) in [4.78, 5) is 26.9. The van der Waals surface area contributed by atoms with E-state index in [1.807, 2.05) is 55.5 Å². The summed E-state index contributed by atoms with van der Waals surface area (Å²) in [5.41, 5.74) is 1.69. The maximum Gasteiger partial charge on any atom is 0.344 e. The summed E-state index contributed by atoms with van der Waals surface area (Å²) in [5, 5.41) is 0.859. The molecule has 0 saturated heterocycles. The van der Waals surface area contributed by atoms with Crippen molar-refractivity contribution in [1.29, 1.82) is 0 Å². The lowest BCUT2D eigenvalue weighted by atomic mass is 10.1. The van der Waals surface area contributed by atoms with Crippen LogP contribution in [0.15, 0.2) is 63.1 Å². The summed E-state index contributed by atoms with van der Waals surface area (Å²) >= 11 is 1.42.